The molecule has 0 unspecified atom stereocenters. The van der Waals surface area contributed by atoms with E-state index in [9.17, 15) is 26.4 Å². The lowest BCUT2D eigenvalue weighted by molar-refractivity contribution is 0.413. The standard InChI is InChI=1S/C24H20N4O5S.C20H16N2O5S.C4H6BN2O2/c1-27-20(9-11-25-27)17-3-7-23(32-2)22(14-17)28-21-6-5-19(13-16(21)4-8-24(28)29)34(30,31)15-18-10-12-33-26-18;1-26-19-5-3-2-4-18(19)22-17-8-7-16(12-14(17)6-9-20(22)23)28(24,25)13-15-10-11-27-21-15;1-7-4(9-5-8)2-3-6-7/h3-14H,15H2,1-2H3;2-12H,13H2,1H3;2-3,8H,1H3. The van der Waals surface area contributed by atoms with Crippen LogP contribution in [0.3, 0.4) is 0 Å². The monoisotopic (exact) mass is 997 g/mol. The van der Waals surface area contributed by atoms with E-state index in [4.69, 9.17) is 23.5 Å². The second-order valence-corrected chi connectivity index (χ2v) is 19.3. The van der Waals surface area contributed by atoms with Crippen LogP contribution in [0.5, 0.6) is 17.4 Å². The van der Waals surface area contributed by atoms with Crippen molar-refractivity contribution in [2.75, 3.05) is 14.2 Å². The van der Waals surface area contributed by atoms with Gasteiger partial charge in [-0.2, -0.15) is 10.2 Å². The molecule has 6 aromatic heterocycles. The van der Waals surface area contributed by atoms with Gasteiger partial charge in [0.2, 0.25) is 0 Å². The van der Waals surface area contributed by atoms with Gasteiger partial charge in [0.25, 0.3) is 11.1 Å². The van der Waals surface area contributed by atoms with Gasteiger partial charge in [-0.25, -0.2) is 21.5 Å². The molecule has 23 heteroatoms. The van der Waals surface area contributed by atoms with E-state index in [0.717, 1.165) is 11.3 Å². The summed E-state index contributed by atoms with van der Waals surface area (Å²) < 4.78 is 82.4. The molecule has 0 aliphatic carbocycles. The van der Waals surface area contributed by atoms with Gasteiger partial charge in [-0.15, -0.1) is 0 Å². The summed E-state index contributed by atoms with van der Waals surface area (Å²) in [6.07, 6.45) is 5.94. The number of nitrogens with zero attached hydrogens (tertiary/aromatic N) is 8. The van der Waals surface area contributed by atoms with Crippen molar-refractivity contribution in [3.05, 3.63) is 184 Å². The molecule has 0 bridgehead atoms. The molecule has 361 valence electrons. The van der Waals surface area contributed by atoms with Gasteiger partial charge in [-0.1, -0.05) is 22.4 Å². The van der Waals surface area contributed by atoms with Gasteiger partial charge in [0.15, 0.2) is 25.6 Å². The highest BCUT2D eigenvalue weighted by Gasteiger charge is 2.21. The van der Waals surface area contributed by atoms with E-state index in [1.54, 1.807) is 90.9 Å². The first-order valence-corrected chi connectivity index (χ1v) is 24.5. The maximum atomic E-state index is 13.0. The van der Waals surface area contributed by atoms with Crippen LogP contribution in [0.1, 0.15) is 11.4 Å². The number of ether oxygens (including phenoxy) is 2. The molecule has 20 nitrogen and oxygen atoms in total. The molecular weight excluding hydrogens is 956 g/mol. The second-order valence-electron chi connectivity index (χ2n) is 15.4. The molecule has 1 N–H and O–H groups in total. The summed E-state index contributed by atoms with van der Waals surface area (Å²) in [7, 11) is -0.0231. The molecule has 1 radical (unpaired) electrons. The molecule has 6 heterocycles. The average molecular weight is 998 g/mol. The van der Waals surface area contributed by atoms with Crippen molar-refractivity contribution in [1.29, 1.82) is 0 Å². The Labute approximate surface area is 405 Å². The third kappa shape index (κ3) is 10.7. The largest absolute Gasteiger partial charge is 0.570 e. The zero-order chi connectivity index (χ0) is 50.3. The van der Waals surface area contributed by atoms with E-state index in [2.05, 4.69) is 25.2 Å². The van der Waals surface area contributed by atoms with Gasteiger partial charge in [0, 0.05) is 67.0 Å². The predicted octanol–water partition coefficient (Wildman–Crippen LogP) is 5.65. The summed E-state index contributed by atoms with van der Waals surface area (Å²) in [5.41, 5.74) is 4.12. The number of para-hydroxylation sites is 2. The van der Waals surface area contributed by atoms with Crippen LogP contribution < -0.4 is 25.2 Å². The van der Waals surface area contributed by atoms with Crippen LogP contribution in [0, 0.1) is 0 Å². The lowest BCUT2D eigenvalue weighted by atomic mass is 10.1. The third-order valence-corrected chi connectivity index (χ3v) is 14.2. The molecule has 0 spiro atoms. The van der Waals surface area contributed by atoms with E-state index in [0.29, 0.717) is 69.6 Å². The summed E-state index contributed by atoms with van der Waals surface area (Å²) in [6, 6.07) is 34.6. The first-order valence-electron chi connectivity index (χ1n) is 21.2. The first-order chi connectivity index (χ1) is 34.2. The fraction of sp³-hybridized carbons (Fsp3) is 0.125. The summed E-state index contributed by atoms with van der Waals surface area (Å²) in [5.74, 6) is 1.01. The van der Waals surface area contributed by atoms with Crippen LogP contribution in [-0.2, 0) is 45.3 Å². The van der Waals surface area contributed by atoms with Gasteiger partial charge in [0.05, 0.1) is 69.7 Å². The Bertz CT molecular complexity index is 3830. The van der Waals surface area contributed by atoms with E-state index in [1.165, 1.54) is 77.0 Å². The highest BCUT2D eigenvalue weighted by molar-refractivity contribution is 7.91. The summed E-state index contributed by atoms with van der Waals surface area (Å²) in [6.45, 7) is 0. The molecule has 4 aromatic carbocycles. The number of pyridine rings is 2. The van der Waals surface area contributed by atoms with Gasteiger partial charge >= 0.3 is 7.69 Å². The molecule has 10 aromatic rings. The lowest BCUT2D eigenvalue weighted by Crippen LogP contribution is -2.18. The number of methoxy groups -OCH3 is 2. The minimum Gasteiger partial charge on any atom is -0.524 e. The Morgan fingerprint density at radius 3 is 1.62 bits per heavy atom. The average Bonchev–Trinajstić information content (AvgIpc) is 4.23. The Hall–Kier alpha value is -8.54. The number of sulfone groups is 2. The summed E-state index contributed by atoms with van der Waals surface area (Å²) >= 11 is 0. The molecule has 0 fully saturated rings. The number of fused-ring (bicyclic) bond motifs is 2. The maximum Gasteiger partial charge on any atom is 0.570 e. The van der Waals surface area contributed by atoms with E-state index in [-0.39, 0.29) is 32.4 Å². The highest BCUT2D eigenvalue weighted by Crippen LogP contribution is 2.32. The fourth-order valence-electron chi connectivity index (χ4n) is 7.54. The van der Waals surface area contributed by atoms with E-state index in [1.807, 2.05) is 31.3 Å². The number of benzene rings is 4. The van der Waals surface area contributed by atoms with Crippen molar-refractivity contribution in [2.24, 2.45) is 14.1 Å². The highest BCUT2D eigenvalue weighted by atomic mass is 32.2. The number of hydrogen-bond acceptors (Lipinski definition) is 16. The van der Waals surface area contributed by atoms with Gasteiger partial charge < -0.3 is 28.2 Å². The molecular formula is C48H42BN8O12S2. The van der Waals surface area contributed by atoms with Crippen LogP contribution in [-0.4, -0.2) is 82.8 Å². The van der Waals surface area contributed by atoms with Crippen LogP contribution in [0.15, 0.2) is 181 Å². The Kier molecular flexibility index (Phi) is 14.5. The topological polar surface area (TPSA) is 248 Å². The molecule has 10 rings (SSSR count). The number of aryl methyl sites for hydroxylation is 2. The number of hydrogen-bond donors (Lipinski definition) is 1. The van der Waals surface area contributed by atoms with Crippen LogP contribution >= 0.6 is 0 Å². The molecule has 0 saturated heterocycles. The zero-order valence-corrected chi connectivity index (χ0v) is 39.9. The molecule has 0 amide bonds. The molecule has 71 heavy (non-hydrogen) atoms. The van der Waals surface area contributed by atoms with Crippen molar-refractivity contribution < 1.29 is 45.0 Å². The summed E-state index contributed by atoms with van der Waals surface area (Å²) in [4.78, 5) is 25.9. The molecule has 0 atom stereocenters. The van der Waals surface area contributed by atoms with Crippen LogP contribution in [0.2, 0.25) is 0 Å². The Balaban J connectivity index is 0.000000164. The van der Waals surface area contributed by atoms with Crippen molar-refractivity contribution in [3.8, 4) is 40.0 Å². The fourth-order valence-corrected chi connectivity index (χ4v) is 10.1. The Morgan fingerprint density at radius 2 is 1.13 bits per heavy atom. The quantitative estimate of drug-likeness (QED) is 0.137. The Morgan fingerprint density at radius 1 is 0.592 bits per heavy atom. The third-order valence-electron chi connectivity index (χ3n) is 10.9. The second kappa shape index (κ2) is 21.0. The normalized spacial score (nSPS) is 11.3. The first kappa shape index (κ1) is 48.9. The lowest BCUT2D eigenvalue weighted by Gasteiger charge is -2.16. The molecule has 0 saturated carbocycles. The van der Waals surface area contributed by atoms with Gasteiger partial charge in [0.1, 0.15) is 35.5 Å². The SMILES string of the molecule is COc1ccc(-c2ccnn2C)cc1-n1c(=O)ccc2cc(S(=O)(=O)Cc3ccon3)ccc21.COc1ccccc1-n1c(=O)ccc2cc(S(=O)(=O)Cc3ccon3)ccc21.Cn1nccc1O[B]O. The molecule has 0 aliphatic rings. The van der Waals surface area contributed by atoms with Crippen LogP contribution in [0.25, 0.3) is 44.4 Å². The van der Waals surface area contributed by atoms with Crippen molar-refractivity contribution in [3.63, 3.8) is 0 Å². The van der Waals surface area contributed by atoms with E-state index >= 15 is 0 Å². The summed E-state index contributed by atoms with van der Waals surface area (Å²) in [5, 5.41) is 24.7. The molecule has 0 aliphatic heterocycles. The van der Waals surface area contributed by atoms with E-state index < -0.39 is 19.7 Å². The zero-order valence-electron chi connectivity index (χ0n) is 38.3. The number of rotatable bonds is 13. The minimum absolute atomic E-state index is 0.129. The van der Waals surface area contributed by atoms with Crippen LogP contribution in [0.4, 0.5) is 0 Å². The van der Waals surface area contributed by atoms with Gasteiger partial charge in [-0.3, -0.25) is 23.4 Å². The van der Waals surface area contributed by atoms with Crippen molar-refractivity contribution >= 4 is 49.2 Å². The van der Waals surface area contributed by atoms with Crippen molar-refractivity contribution in [1.82, 2.24) is 39.0 Å². The van der Waals surface area contributed by atoms with Gasteiger partial charge in [-0.05, 0) is 84.9 Å². The maximum absolute atomic E-state index is 13.0. The smallest absolute Gasteiger partial charge is 0.524 e. The predicted molar refractivity (Wildman–Crippen MR) is 261 cm³/mol. The number of aromatic nitrogens is 8. The minimum atomic E-state index is -3.66. The van der Waals surface area contributed by atoms with Crippen molar-refractivity contribution in [2.45, 2.75) is 21.3 Å².